The third-order valence-corrected chi connectivity index (χ3v) is 6.90. The fourth-order valence-electron chi connectivity index (χ4n) is 6.84. The molecular formula is C22H31N3O. The lowest BCUT2D eigenvalue weighted by molar-refractivity contribution is -0.170. The first-order chi connectivity index (χ1) is 12.2. The number of hydrazone groups is 1. The van der Waals surface area contributed by atoms with Gasteiger partial charge >= 0.3 is 0 Å². The standard InChI is InChI=1S/C22H31N3O/c1-20-9-17-10-21(2,13-20)15-22(11-17,14-20)19(26)24-23-12-16-5-7-18(8-6-16)25(3)4/h5-8,12,17H,9-11,13-15H2,1-4H3,(H,24,26)/b23-12+. The van der Waals surface area contributed by atoms with Gasteiger partial charge in [-0.05, 0) is 73.0 Å². The maximum absolute atomic E-state index is 13.1. The summed E-state index contributed by atoms with van der Waals surface area (Å²) in [6.07, 6.45) is 8.76. The second-order valence-electron chi connectivity index (χ2n) is 10.1. The lowest BCUT2D eigenvalue weighted by Gasteiger charge is -2.64. The van der Waals surface area contributed by atoms with Gasteiger partial charge in [-0.3, -0.25) is 4.79 Å². The van der Waals surface area contributed by atoms with Gasteiger partial charge in [0.1, 0.15) is 0 Å². The third kappa shape index (κ3) is 3.04. The zero-order valence-corrected chi connectivity index (χ0v) is 16.5. The molecular weight excluding hydrogens is 322 g/mol. The number of carbonyl (C=O) groups is 1. The molecule has 4 bridgehead atoms. The largest absolute Gasteiger partial charge is 0.378 e. The van der Waals surface area contributed by atoms with Crippen molar-refractivity contribution in [1.29, 1.82) is 0 Å². The fourth-order valence-corrected chi connectivity index (χ4v) is 6.84. The molecule has 5 rings (SSSR count). The molecule has 4 aliphatic rings. The molecule has 1 N–H and O–H groups in total. The zero-order chi connectivity index (χ0) is 18.6. The molecule has 4 nitrogen and oxygen atoms in total. The molecule has 2 atom stereocenters. The van der Waals surface area contributed by atoms with Crippen molar-refractivity contribution >= 4 is 17.8 Å². The smallest absolute Gasteiger partial charge is 0.246 e. The van der Waals surface area contributed by atoms with Crippen molar-refractivity contribution in [2.45, 2.75) is 52.4 Å². The van der Waals surface area contributed by atoms with E-state index in [1.165, 1.54) is 19.3 Å². The van der Waals surface area contributed by atoms with Gasteiger partial charge in [0.15, 0.2) is 0 Å². The highest BCUT2D eigenvalue weighted by atomic mass is 16.2. The predicted molar refractivity (Wildman–Crippen MR) is 106 cm³/mol. The van der Waals surface area contributed by atoms with Crippen LogP contribution in [0.15, 0.2) is 29.4 Å². The number of hydrogen-bond donors (Lipinski definition) is 1. The van der Waals surface area contributed by atoms with E-state index in [-0.39, 0.29) is 11.3 Å². The van der Waals surface area contributed by atoms with Gasteiger partial charge in [0.25, 0.3) is 0 Å². The maximum atomic E-state index is 13.1. The lowest BCUT2D eigenvalue weighted by atomic mass is 9.40. The molecule has 0 aromatic heterocycles. The Kier molecular flexibility index (Phi) is 3.94. The Labute approximate surface area is 157 Å². The van der Waals surface area contributed by atoms with Crippen LogP contribution in [0.5, 0.6) is 0 Å². The SMILES string of the molecule is CN(C)c1ccc(/C=N/NC(=O)C23CC4CC(C)(CC(C)(C4)C2)C3)cc1. The second-order valence-corrected chi connectivity index (χ2v) is 10.1. The van der Waals surface area contributed by atoms with E-state index in [0.717, 1.165) is 36.4 Å². The quantitative estimate of drug-likeness (QED) is 0.651. The van der Waals surface area contributed by atoms with E-state index in [1.54, 1.807) is 6.21 Å². The van der Waals surface area contributed by atoms with Crippen molar-refractivity contribution in [3.05, 3.63) is 29.8 Å². The summed E-state index contributed by atoms with van der Waals surface area (Å²) < 4.78 is 0. The van der Waals surface area contributed by atoms with E-state index in [0.29, 0.717) is 10.8 Å². The van der Waals surface area contributed by atoms with Crippen LogP contribution in [0.3, 0.4) is 0 Å². The molecule has 1 aromatic rings. The van der Waals surface area contributed by atoms with E-state index in [4.69, 9.17) is 0 Å². The van der Waals surface area contributed by atoms with Gasteiger partial charge < -0.3 is 4.90 Å². The number of hydrogen-bond acceptors (Lipinski definition) is 3. The molecule has 0 spiro atoms. The number of amides is 1. The molecule has 2 unspecified atom stereocenters. The molecule has 4 aliphatic carbocycles. The minimum Gasteiger partial charge on any atom is -0.378 e. The third-order valence-electron chi connectivity index (χ3n) is 6.90. The Morgan fingerprint density at radius 1 is 1.08 bits per heavy atom. The van der Waals surface area contributed by atoms with E-state index in [9.17, 15) is 4.79 Å². The van der Waals surface area contributed by atoms with E-state index in [2.05, 4.69) is 41.4 Å². The normalized spacial score (nSPS) is 37.9. The Balaban J connectivity index is 1.45. The summed E-state index contributed by atoms with van der Waals surface area (Å²) in [5.74, 6) is 0.856. The van der Waals surface area contributed by atoms with Crippen LogP contribution in [0.1, 0.15) is 57.9 Å². The Morgan fingerprint density at radius 2 is 1.69 bits per heavy atom. The number of benzene rings is 1. The summed E-state index contributed by atoms with van der Waals surface area (Å²) in [5.41, 5.74) is 5.52. The van der Waals surface area contributed by atoms with Crippen LogP contribution in [0.2, 0.25) is 0 Å². The molecule has 140 valence electrons. The van der Waals surface area contributed by atoms with Gasteiger partial charge in [0.2, 0.25) is 5.91 Å². The molecule has 0 aliphatic heterocycles. The first-order valence-electron chi connectivity index (χ1n) is 9.82. The minimum absolute atomic E-state index is 0.139. The van der Waals surface area contributed by atoms with Crippen molar-refractivity contribution in [2.75, 3.05) is 19.0 Å². The zero-order valence-electron chi connectivity index (χ0n) is 16.5. The summed E-state index contributed by atoms with van der Waals surface area (Å²) in [5, 5.41) is 4.28. The van der Waals surface area contributed by atoms with Gasteiger partial charge in [-0.25, -0.2) is 5.43 Å². The van der Waals surface area contributed by atoms with E-state index < -0.39 is 0 Å². The Hall–Kier alpha value is -1.84. The summed E-state index contributed by atoms with van der Waals surface area (Å²) in [6, 6.07) is 8.17. The molecule has 1 aromatic carbocycles. The first-order valence-corrected chi connectivity index (χ1v) is 9.82. The lowest BCUT2D eigenvalue weighted by Crippen LogP contribution is -2.59. The molecule has 0 saturated heterocycles. The number of carbonyl (C=O) groups excluding carboxylic acids is 1. The Bertz CT molecular complexity index is 718. The van der Waals surface area contributed by atoms with Crippen LogP contribution in [0, 0.1) is 22.2 Å². The minimum atomic E-state index is -0.199. The van der Waals surface area contributed by atoms with Gasteiger partial charge in [-0.15, -0.1) is 0 Å². The van der Waals surface area contributed by atoms with Crippen LogP contribution in [-0.4, -0.2) is 26.2 Å². The highest BCUT2D eigenvalue weighted by Gasteiger charge is 2.62. The molecule has 26 heavy (non-hydrogen) atoms. The molecule has 4 heteroatoms. The first kappa shape index (κ1) is 17.6. The number of nitrogens with one attached hydrogen (secondary N) is 1. The van der Waals surface area contributed by atoms with Crippen LogP contribution < -0.4 is 10.3 Å². The summed E-state index contributed by atoms with van der Waals surface area (Å²) in [6.45, 7) is 4.79. The van der Waals surface area contributed by atoms with Crippen molar-refractivity contribution in [3.8, 4) is 0 Å². The summed E-state index contributed by atoms with van der Waals surface area (Å²) >= 11 is 0. The Morgan fingerprint density at radius 3 is 2.23 bits per heavy atom. The number of rotatable bonds is 4. The van der Waals surface area contributed by atoms with Crippen molar-refractivity contribution in [2.24, 2.45) is 27.3 Å². The van der Waals surface area contributed by atoms with Gasteiger partial charge in [-0.2, -0.15) is 5.10 Å². The average molecular weight is 354 g/mol. The molecule has 4 fully saturated rings. The van der Waals surface area contributed by atoms with Gasteiger partial charge in [0.05, 0.1) is 11.6 Å². The van der Waals surface area contributed by atoms with Crippen LogP contribution in [0.25, 0.3) is 0 Å². The highest BCUT2D eigenvalue weighted by Crippen LogP contribution is 2.69. The second kappa shape index (κ2) is 5.83. The topological polar surface area (TPSA) is 44.7 Å². The molecule has 0 heterocycles. The fraction of sp³-hybridized carbons (Fsp3) is 0.636. The van der Waals surface area contributed by atoms with Crippen LogP contribution >= 0.6 is 0 Å². The van der Waals surface area contributed by atoms with Gasteiger partial charge in [0, 0.05) is 19.8 Å². The van der Waals surface area contributed by atoms with Crippen molar-refractivity contribution < 1.29 is 4.79 Å². The monoisotopic (exact) mass is 353 g/mol. The van der Waals surface area contributed by atoms with Crippen molar-refractivity contribution in [1.82, 2.24) is 5.43 Å². The molecule has 0 radical (unpaired) electrons. The number of anilines is 1. The van der Waals surface area contributed by atoms with Crippen LogP contribution in [-0.2, 0) is 4.79 Å². The summed E-state index contributed by atoms with van der Waals surface area (Å²) in [7, 11) is 4.05. The van der Waals surface area contributed by atoms with Gasteiger partial charge in [-0.1, -0.05) is 26.0 Å². The maximum Gasteiger partial charge on any atom is 0.246 e. The number of nitrogens with zero attached hydrogens (tertiary/aromatic N) is 2. The van der Waals surface area contributed by atoms with Crippen LogP contribution in [0.4, 0.5) is 5.69 Å². The average Bonchev–Trinajstić information content (AvgIpc) is 2.51. The van der Waals surface area contributed by atoms with Crippen molar-refractivity contribution in [3.63, 3.8) is 0 Å². The van der Waals surface area contributed by atoms with E-state index >= 15 is 0 Å². The predicted octanol–water partition coefficient (Wildman–Crippen LogP) is 4.20. The highest BCUT2D eigenvalue weighted by molar-refractivity contribution is 5.86. The van der Waals surface area contributed by atoms with E-state index in [1.807, 2.05) is 26.2 Å². The summed E-state index contributed by atoms with van der Waals surface area (Å²) in [4.78, 5) is 15.1. The molecule has 1 amide bonds. The molecule has 4 saturated carbocycles.